The molecule has 1 aliphatic rings. The number of ether oxygens (including phenoxy) is 1. The zero-order valence-corrected chi connectivity index (χ0v) is 12.4. The lowest BCUT2D eigenvalue weighted by Gasteiger charge is -2.39. The first-order chi connectivity index (χ1) is 10.6. The highest BCUT2D eigenvalue weighted by Crippen LogP contribution is 2.25. The molecular weight excluding hydrogens is 317 g/mol. The van der Waals surface area contributed by atoms with Gasteiger partial charge in [0.25, 0.3) is 5.91 Å². The van der Waals surface area contributed by atoms with E-state index in [0.717, 1.165) is 5.69 Å². The van der Waals surface area contributed by atoms with Crippen molar-refractivity contribution < 1.29 is 27.5 Å². The molecule has 126 valence electrons. The van der Waals surface area contributed by atoms with Gasteiger partial charge in [-0.1, -0.05) is 0 Å². The SMILES string of the molecule is CN(C)c1ccc(NC(=O)C2(OC(=O)C(F)(F)F)CNC2)nc1. The van der Waals surface area contributed by atoms with Gasteiger partial charge in [0.1, 0.15) is 5.82 Å². The Kier molecular flexibility index (Phi) is 4.46. The molecule has 0 unspecified atom stereocenters. The predicted molar refractivity (Wildman–Crippen MR) is 74.9 cm³/mol. The number of rotatable bonds is 4. The van der Waals surface area contributed by atoms with Crippen LogP contribution in [0.1, 0.15) is 0 Å². The van der Waals surface area contributed by atoms with Crippen LogP contribution in [0.5, 0.6) is 0 Å². The van der Waals surface area contributed by atoms with Crippen molar-refractivity contribution in [3.05, 3.63) is 18.3 Å². The van der Waals surface area contributed by atoms with Gasteiger partial charge in [-0.3, -0.25) is 4.79 Å². The van der Waals surface area contributed by atoms with Crippen molar-refractivity contribution in [3.63, 3.8) is 0 Å². The maximum Gasteiger partial charge on any atom is 0.490 e. The number of halogens is 3. The molecule has 0 aromatic carbocycles. The number of esters is 1. The predicted octanol–water partition coefficient (Wildman–Crippen LogP) is 0.534. The summed E-state index contributed by atoms with van der Waals surface area (Å²) in [4.78, 5) is 28.9. The number of pyridine rings is 1. The van der Waals surface area contributed by atoms with Gasteiger partial charge >= 0.3 is 12.1 Å². The second-order valence-electron chi connectivity index (χ2n) is 5.24. The van der Waals surface area contributed by atoms with Crippen molar-refractivity contribution in [2.45, 2.75) is 11.8 Å². The molecule has 10 heteroatoms. The Morgan fingerprint density at radius 1 is 1.35 bits per heavy atom. The molecule has 23 heavy (non-hydrogen) atoms. The van der Waals surface area contributed by atoms with E-state index in [4.69, 9.17) is 0 Å². The number of nitrogens with zero attached hydrogens (tertiary/aromatic N) is 2. The van der Waals surface area contributed by atoms with Gasteiger partial charge in [-0.15, -0.1) is 0 Å². The molecular formula is C13H15F3N4O3. The molecule has 1 aliphatic heterocycles. The third kappa shape index (κ3) is 3.70. The number of aromatic nitrogens is 1. The van der Waals surface area contributed by atoms with Crippen molar-refractivity contribution in [2.75, 3.05) is 37.4 Å². The smallest absolute Gasteiger partial charge is 0.439 e. The van der Waals surface area contributed by atoms with Gasteiger partial charge in [-0.05, 0) is 12.1 Å². The van der Waals surface area contributed by atoms with E-state index in [1.807, 2.05) is 0 Å². The number of amides is 1. The zero-order valence-electron chi connectivity index (χ0n) is 12.4. The molecule has 2 heterocycles. The van der Waals surface area contributed by atoms with Crippen LogP contribution in [0.25, 0.3) is 0 Å². The van der Waals surface area contributed by atoms with Gasteiger partial charge in [0.2, 0.25) is 5.60 Å². The molecule has 0 aliphatic carbocycles. The average Bonchev–Trinajstić information content (AvgIpc) is 2.41. The van der Waals surface area contributed by atoms with E-state index in [1.165, 1.54) is 12.3 Å². The lowest BCUT2D eigenvalue weighted by Crippen LogP contribution is -2.68. The number of nitrogens with one attached hydrogen (secondary N) is 2. The Morgan fingerprint density at radius 3 is 2.39 bits per heavy atom. The van der Waals surface area contributed by atoms with Crippen LogP contribution in [-0.4, -0.2) is 55.8 Å². The van der Waals surface area contributed by atoms with Crippen molar-refractivity contribution in [3.8, 4) is 0 Å². The van der Waals surface area contributed by atoms with E-state index in [9.17, 15) is 22.8 Å². The Balaban J connectivity index is 2.07. The number of hydrogen-bond donors (Lipinski definition) is 2. The highest BCUT2D eigenvalue weighted by Gasteiger charge is 2.53. The molecule has 0 saturated carbocycles. The van der Waals surface area contributed by atoms with E-state index in [2.05, 4.69) is 20.4 Å². The van der Waals surface area contributed by atoms with Crippen LogP contribution in [0.15, 0.2) is 18.3 Å². The molecule has 1 saturated heterocycles. The molecule has 0 radical (unpaired) electrons. The Bertz CT molecular complexity index is 597. The maximum absolute atomic E-state index is 12.3. The molecule has 0 bridgehead atoms. The molecule has 0 spiro atoms. The number of anilines is 2. The van der Waals surface area contributed by atoms with Crippen molar-refractivity contribution in [1.82, 2.24) is 10.3 Å². The van der Waals surface area contributed by atoms with Gasteiger partial charge in [0.15, 0.2) is 0 Å². The third-order valence-corrected chi connectivity index (χ3v) is 3.26. The first-order valence-electron chi connectivity index (χ1n) is 6.60. The Labute approximate surface area is 129 Å². The normalized spacial score (nSPS) is 16.2. The van der Waals surface area contributed by atoms with Crippen LogP contribution < -0.4 is 15.5 Å². The fourth-order valence-electron chi connectivity index (χ4n) is 1.82. The molecule has 7 nitrogen and oxygen atoms in total. The third-order valence-electron chi connectivity index (χ3n) is 3.26. The number of carbonyl (C=O) groups excluding carboxylic acids is 2. The van der Waals surface area contributed by atoms with Crippen LogP contribution >= 0.6 is 0 Å². The summed E-state index contributed by atoms with van der Waals surface area (Å²) in [5.74, 6) is -3.11. The molecule has 1 aromatic rings. The summed E-state index contributed by atoms with van der Waals surface area (Å²) in [6.07, 6.45) is -3.67. The van der Waals surface area contributed by atoms with Crippen LogP contribution in [0.4, 0.5) is 24.7 Å². The molecule has 1 aromatic heterocycles. The summed E-state index contributed by atoms with van der Waals surface area (Å²) in [5, 5.41) is 4.97. The lowest BCUT2D eigenvalue weighted by molar-refractivity contribution is -0.217. The standard InChI is InChI=1S/C13H15F3N4O3/c1-20(2)8-3-4-9(18-5-8)19-10(21)12(6-17-7-12)23-11(22)13(14,15)16/h3-5,17H,6-7H2,1-2H3,(H,18,19,21). The summed E-state index contributed by atoms with van der Waals surface area (Å²) in [5.41, 5.74) is -1.10. The van der Waals surface area contributed by atoms with Crippen molar-refractivity contribution >= 4 is 23.4 Å². The van der Waals surface area contributed by atoms with Gasteiger partial charge in [-0.25, -0.2) is 9.78 Å². The number of carbonyl (C=O) groups is 2. The lowest BCUT2D eigenvalue weighted by atomic mass is 9.95. The summed E-state index contributed by atoms with van der Waals surface area (Å²) < 4.78 is 41.3. The highest BCUT2D eigenvalue weighted by molar-refractivity contribution is 5.99. The first kappa shape index (κ1) is 17.0. The topological polar surface area (TPSA) is 83.6 Å². The summed E-state index contributed by atoms with van der Waals surface area (Å²) in [7, 11) is 3.61. The fourth-order valence-corrected chi connectivity index (χ4v) is 1.82. The average molecular weight is 332 g/mol. The largest absolute Gasteiger partial charge is 0.490 e. The highest BCUT2D eigenvalue weighted by atomic mass is 19.4. The second kappa shape index (κ2) is 6.03. The van der Waals surface area contributed by atoms with Crippen LogP contribution in [-0.2, 0) is 14.3 Å². The molecule has 1 amide bonds. The molecule has 2 N–H and O–H groups in total. The van der Waals surface area contributed by atoms with Gasteiger partial charge in [0, 0.05) is 27.2 Å². The Morgan fingerprint density at radius 2 is 2.00 bits per heavy atom. The minimum absolute atomic E-state index is 0.148. The minimum atomic E-state index is -5.16. The van der Waals surface area contributed by atoms with Crippen LogP contribution in [0, 0.1) is 0 Å². The molecule has 0 atom stereocenters. The van der Waals surface area contributed by atoms with Gasteiger partial charge < -0.3 is 20.3 Å². The first-order valence-corrected chi connectivity index (χ1v) is 6.60. The monoisotopic (exact) mass is 332 g/mol. The van der Waals surface area contributed by atoms with Gasteiger partial charge in [-0.2, -0.15) is 13.2 Å². The van der Waals surface area contributed by atoms with E-state index >= 15 is 0 Å². The fraction of sp³-hybridized carbons (Fsp3) is 0.462. The van der Waals surface area contributed by atoms with Gasteiger partial charge in [0.05, 0.1) is 11.9 Å². The number of alkyl halides is 3. The molecule has 1 fully saturated rings. The van der Waals surface area contributed by atoms with Crippen LogP contribution in [0.3, 0.4) is 0 Å². The van der Waals surface area contributed by atoms with E-state index in [0.29, 0.717) is 0 Å². The van der Waals surface area contributed by atoms with Crippen molar-refractivity contribution in [1.29, 1.82) is 0 Å². The van der Waals surface area contributed by atoms with Crippen molar-refractivity contribution in [2.24, 2.45) is 0 Å². The van der Waals surface area contributed by atoms with E-state index < -0.39 is 23.7 Å². The zero-order chi connectivity index (χ0) is 17.3. The van der Waals surface area contributed by atoms with Crippen LogP contribution in [0.2, 0.25) is 0 Å². The Hall–Kier alpha value is -2.36. The minimum Gasteiger partial charge on any atom is -0.439 e. The summed E-state index contributed by atoms with van der Waals surface area (Å²) >= 11 is 0. The number of hydrogen-bond acceptors (Lipinski definition) is 6. The quantitative estimate of drug-likeness (QED) is 0.783. The second-order valence-corrected chi connectivity index (χ2v) is 5.24. The van der Waals surface area contributed by atoms with E-state index in [-0.39, 0.29) is 18.9 Å². The summed E-state index contributed by atoms with van der Waals surface area (Å²) in [6.45, 7) is -0.396. The van der Waals surface area contributed by atoms with E-state index in [1.54, 1.807) is 25.1 Å². The molecule has 2 rings (SSSR count). The summed E-state index contributed by atoms with van der Waals surface area (Å²) in [6, 6.07) is 3.18. The maximum atomic E-state index is 12.3.